The van der Waals surface area contributed by atoms with Crippen molar-refractivity contribution in [3.05, 3.63) is 0 Å². The van der Waals surface area contributed by atoms with E-state index in [0.717, 1.165) is 32.8 Å². The second kappa shape index (κ2) is 5.51. The maximum atomic E-state index is 5.52. The van der Waals surface area contributed by atoms with Gasteiger partial charge in [-0.25, -0.2) is 0 Å². The zero-order valence-corrected chi connectivity index (χ0v) is 8.08. The molecule has 0 saturated carbocycles. The maximum absolute atomic E-state index is 5.52. The molecule has 0 bridgehead atoms. The Hall–Kier alpha value is -0.120. The predicted octanol–water partition coefficient (Wildman–Crippen LogP) is 0.744. The summed E-state index contributed by atoms with van der Waals surface area (Å²) in [6, 6.07) is 0. The van der Waals surface area contributed by atoms with Gasteiger partial charge < -0.3 is 14.4 Å². The molecular weight excluding hydrogens is 154 g/mol. The Morgan fingerprint density at radius 1 is 1.33 bits per heavy atom. The summed E-state index contributed by atoms with van der Waals surface area (Å²) < 4.78 is 10.8. The molecule has 1 fully saturated rings. The molecule has 1 saturated heterocycles. The molecule has 3 heteroatoms. The highest BCUT2D eigenvalue weighted by Crippen LogP contribution is 2.07. The molecule has 0 aliphatic carbocycles. The molecule has 0 aromatic heterocycles. The lowest BCUT2D eigenvalue weighted by atomic mass is 10.2. The Bertz CT molecular complexity index is 111. The average Bonchev–Trinajstić information content (AvgIpc) is 2.05. The van der Waals surface area contributed by atoms with Crippen LogP contribution in [-0.4, -0.2) is 51.5 Å². The second-order valence-electron chi connectivity index (χ2n) is 3.51. The van der Waals surface area contributed by atoms with Crippen LogP contribution in [0.4, 0.5) is 0 Å². The summed E-state index contributed by atoms with van der Waals surface area (Å²) in [5.74, 6) is 0. The standard InChI is InChI=1S/C9H19NO2/c1-10(2)5-3-4-9-8-11-6-7-12-9/h9H,3-8H2,1-2H3. The van der Waals surface area contributed by atoms with Crippen LogP contribution in [0, 0.1) is 0 Å². The molecule has 0 aromatic carbocycles. The first-order valence-electron chi connectivity index (χ1n) is 4.63. The smallest absolute Gasteiger partial charge is 0.0810 e. The highest BCUT2D eigenvalue weighted by atomic mass is 16.6. The minimum atomic E-state index is 0.346. The number of nitrogens with zero attached hydrogens (tertiary/aromatic N) is 1. The van der Waals surface area contributed by atoms with E-state index >= 15 is 0 Å². The van der Waals surface area contributed by atoms with Crippen molar-refractivity contribution in [2.24, 2.45) is 0 Å². The first-order valence-corrected chi connectivity index (χ1v) is 4.63. The Morgan fingerprint density at radius 2 is 2.17 bits per heavy atom. The van der Waals surface area contributed by atoms with Crippen molar-refractivity contribution in [1.29, 1.82) is 0 Å². The predicted molar refractivity (Wildman–Crippen MR) is 48.3 cm³/mol. The molecule has 1 aliphatic heterocycles. The lowest BCUT2D eigenvalue weighted by Gasteiger charge is -2.23. The maximum Gasteiger partial charge on any atom is 0.0810 e. The SMILES string of the molecule is CN(C)CCCC1COCCO1. The van der Waals surface area contributed by atoms with Crippen LogP contribution in [0.5, 0.6) is 0 Å². The van der Waals surface area contributed by atoms with Gasteiger partial charge in [0.25, 0.3) is 0 Å². The average molecular weight is 173 g/mol. The molecule has 12 heavy (non-hydrogen) atoms. The van der Waals surface area contributed by atoms with Crippen LogP contribution in [0.2, 0.25) is 0 Å². The van der Waals surface area contributed by atoms with Crippen LogP contribution in [0.1, 0.15) is 12.8 Å². The lowest BCUT2D eigenvalue weighted by molar-refractivity contribution is -0.0913. The van der Waals surface area contributed by atoms with E-state index in [-0.39, 0.29) is 0 Å². The summed E-state index contributed by atoms with van der Waals surface area (Å²) in [4.78, 5) is 2.20. The Balaban J connectivity index is 1.98. The summed E-state index contributed by atoms with van der Waals surface area (Å²) in [7, 11) is 4.19. The molecule has 1 rings (SSSR count). The second-order valence-corrected chi connectivity index (χ2v) is 3.51. The van der Waals surface area contributed by atoms with E-state index in [2.05, 4.69) is 19.0 Å². The molecule has 0 N–H and O–H groups in total. The van der Waals surface area contributed by atoms with E-state index in [1.165, 1.54) is 6.42 Å². The van der Waals surface area contributed by atoms with Crippen molar-refractivity contribution in [2.45, 2.75) is 18.9 Å². The molecule has 0 amide bonds. The topological polar surface area (TPSA) is 21.7 Å². The molecule has 3 nitrogen and oxygen atoms in total. The van der Waals surface area contributed by atoms with Gasteiger partial charge >= 0.3 is 0 Å². The number of hydrogen-bond acceptors (Lipinski definition) is 3. The van der Waals surface area contributed by atoms with Crippen molar-refractivity contribution in [1.82, 2.24) is 4.90 Å². The third-order valence-electron chi connectivity index (χ3n) is 2.02. The van der Waals surface area contributed by atoms with Gasteiger partial charge in [-0.1, -0.05) is 0 Å². The molecule has 1 heterocycles. The van der Waals surface area contributed by atoms with E-state index in [0.29, 0.717) is 6.10 Å². The van der Waals surface area contributed by atoms with E-state index in [1.54, 1.807) is 0 Å². The molecule has 1 aliphatic rings. The number of hydrogen-bond donors (Lipinski definition) is 0. The highest BCUT2D eigenvalue weighted by Gasteiger charge is 2.13. The number of rotatable bonds is 4. The van der Waals surface area contributed by atoms with Gasteiger partial charge in [0, 0.05) is 0 Å². The minimum Gasteiger partial charge on any atom is -0.376 e. The van der Waals surface area contributed by atoms with Gasteiger partial charge in [-0.3, -0.25) is 0 Å². The zero-order chi connectivity index (χ0) is 8.81. The summed E-state index contributed by atoms with van der Waals surface area (Å²) >= 11 is 0. The monoisotopic (exact) mass is 173 g/mol. The highest BCUT2D eigenvalue weighted by molar-refractivity contribution is 4.61. The quantitative estimate of drug-likeness (QED) is 0.626. The van der Waals surface area contributed by atoms with Gasteiger partial charge in [-0.05, 0) is 33.5 Å². The summed E-state index contributed by atoms with van der Waals surface area (Å²) in [6.07, 6.45) is 2.66. The van der Waals surface area contributed by atoms with Crippen LogP contribution >= 0.6 is 0 Å². The molecule has 1 atom stereocenters. The largest absolute Gasteiger partial charge is 0.376 e. The summed E-state index contributed by atoms with van der Waals surface area (Å²) in [5, 5.41) is 0. The minimum absolute atomic E-state index is 0.346. The Kier molecular flexibility index (Phi) is 4.58. The molecule has 1 unspecified atom stereocenters. The Labute approximate surface area is 74.6 Å². The van der Waals surface area contributed by atoms with Gasteiger partial charge in [-0.15, -0.1) is 0 Å². The van der Waals surface area contributed by atoms with Crippen LogP contribution in [0.3, 0.4) is 0 Å². The van der Waals surface area contributed by atoms with Crippen molar-refractivity contribution in [2.75, 3.05) is 40.5 Å². The molecule has 0 radical (unpaired) electrons. The summed E-state index contributed by atoms with van der Waals surface area (Å²) in [5.41, 5.74) is 0. The van der Waals surface area contributed by atoms with Crippen LogP contribution in [0.15, 0.2) is 0 Å². The van der Waals surface area contributed by atoms with Crippen LogP contribution < -0.4 is 0 Å². The van der Waals surface area contributed by atoms with E-state index in [4.69, 9.17) is 9.47 Å². The first-order chi connectivity index (χ1) is 5.79. The molecule has 0 spiro atoms. The van der Waals surface area contributed by atoms with Crippen molar-refractivity contribution < 1.29 is 9.47 Å². The molecule has 0 aromatic rings. The van der Waals surface area contributed by atoms with Gasteiger partial charge in [-0.2, -0.15) is 0 Å². The van der Waals surface area contributed by atoms with Gasteiger partial charge in [0.05, 0.1) is 25.9 Å². The third-order valence-corrected chi connectivity index (χ3v) is 2.02. The fourth-order valence-electron chi connectivity index (χ4n) is 1.34. The van der Waals surface area contributed by atoms with Gasteiger partial charge in [0.1, 0.15) is 0 Å². The third kappa shape index (κ3) is 4.04. The van der Waals surface area contributed by atoms with Crippen molar-refractivity contribution in [3.8, 4) is 0 Å². The fraction of sp³-hybridized carbons (Fsp3) is 1.00. The Morgan fingerprint density at radius 3 is 2.75 bits per heavy atom. The van der Waals surface area contributed by atoms with Gasteiger partial charge in [0.15, 0.2) is 0 Å². The van der Waals surface area contributed by atoms with Gasteiger partial charge in [0.2, 0.25) is 0 Å². The van der Waals surface area contributed by atoms with E-state index < -0.39 is 0 Å². The normalized spacial score (nSPS) is 24.8. The van der Waals surface area contributed by atoms with Crippen LogP contribution in [-0.2, 0) is 9.47 Å². The molecule has 72 valence electrons. The first kappa shape index (κ1) is 9.96. The van der Waals surface area contributed by atoms with Crippen LogP contribution in [0.25, 0.3) is 0 Å². The lowest BCUT2D eigenvalue weighted by Crippen LogP contribution is -2.29. The fourth-order valence-corrected chi connectivity index (χ4v) is 1.34. The summed E-state index contributed by atoms with van der Waals surface area (Å²) in [6.45, 7) is 3.46. The molecular formula is C9H19NO2. The number of ether oxygens (including phenoxy) is 2. The van der Waals surface area contributed by atoms with E-state index in [9.17, 15) is 0 Å². The zero-order valence-electron chi connectivity index (χ0n) is 8.08. The van der Waals surface area contributed by atoms with Crippen molar-refractivity contribution in [3.63, 3.8) is 0 Å². The van der Waals surface area contributed by atoms with E-state index in [1.807, 2.05) is 0 Å². The van der Waals surface area contributed by atoms with Crippen molar-refractivity contribution >= 4 is 0 Å².